The molecule has 1 atom stereocenters. The van der Waals surface area contributed by atoms with Gasteiger partial charge in [-0.05, 0) is 49.6 Å². The van der Waals surface area contributed by atoms with Gasteiger partial charge in [0, 0.05) is 16.6 Å². The number of para-hydroxylation sites is 1. The van der Waals surface area contributed by atoms with Crippen LogP contribution in [0.3, 0.4) is 0 Å². The molecule has 7 heteroatoms. The topological polar surface area (TPSA) is 64.3 Å². The molecule has 0 aromatic heterocycles. The Morgan fingerprint density at radius 1 is 1.19 bits per heavy atom. The zero-order valence-electron chi connectivity index (χ0n) is 14.5. The van der Waals surface area contributed by atoms with Crippen molar-refractivity contribution >= 4 is 23.4 Å². The zero-order chi connectivity index (χ0) is 18.9. The monoisotopic (exact) mass is 380 g/mol. The Morgan fingerprint density at radius 3 is 2.54 bits per heavy atom. The second-order valence-electron chi connectivity index (χ2n) is 5.86. The van der Waals surface area contributed by atoms with E-state index in [4.69, 9.17) is 5.73 Å². The fraction of sp³-hybridized carbons (Fsp3) is 0.316. The molecule has 1 amide bonds. The number of rotatable bonds is 10. The van der Waals surface area contributed by atoms with Gasteiger partial charge in [-0.3, -0.25) is 4.79 Å². The van der Waals surface area contributed by atoms with Crippen molar-refractivity contribution in [1.82, 2.24) is 0 Å². The van der Waals surface area contributed by atoms with Crippen LogP contribution < -0.4 is 15.8 Å². The second kappa shape index (κ2) is 10.0. The first-order valence-electron chi connectivity index (χ1n) is 8.24. The SMILES string of the molecule is CC(CCc1ccc(OC(F)F)cc1)Nc1ccccc1SCC(N)=O. The second-order valence-corrected chi connectivity index (χ2v) is 6.87. The number of nitrogens with two attached hydrogens (primary N) is 1. The first-order valence-corrected chi connectivity index (χ1v) is 9.23. The highest BCUT2D eigenvalue weighted by atomic mass is 32.2. The molecule has 0 spiro atoms. The van der Waals surface area contributed by atoms with E-state index in [1.165, 1.54) is 11.8 Å². The largest absolute Gasteiger partial charge is 0.435 e. The summed E-state index contributed by atoms with van der Waals surface area (Å²) in [6.45, 7) is -0.735. The lowest BCUT2D eigenvalue weighted by molar-refractivity contribution is -0.115. The van der Waals surface area contributed by atoms with Crippen molar-refractivity contribution in [2.45, 2.75) is 37.3 Å². The van der Waals surface area contributed by atoms with Gasteiger partial charge in [-0.15, -0.1) is 11.8 Å². The number of ether oxygens (including phenoxy) is 1. The molecule has 4 nitrogen and oxygen atoms in total. The number of carbonyl (C=O) groups excluding carboxylic acids is 1. The molecule has 0 saturated carbocycles. The van der Waals surface area contributed by atoms with E-state index < -0.39 is 6.61 Å². The van der Waals surface area contributed by atoms with E-state index in [0.717, 1.165) is 29.0 Å². The molecular formula is C19H22F2N2O2S. The van der Waals surface area contributed by atoms with Crippen LogP contribution in [0.25, 0.3) is 0 Å². The summed E-state index contributed by atoms with van der Waals surface area (Å²) in [6.07, 6.45) is 1.67. The first kappa shape index (κ1) is 20.0. The molecular weight excluding hydrogens is 358 g/mol. The number of anilines is 1. The van der Waals surface area contributed by atoms with Crippen molar-refractivity contribution in [1.29, 1.82) is 0 Å². The molecule has 140 valence electrons. The number of hydrogen-bond acceptors (Lipinski definition) is 4. The van der Waals surface area contributed by atoms with Crippen LogP contribution >= 0.6 is 11.8 Å². The zero-order valence-corrected chi connectivity index (χ0v) is 15.3. The Kier molecular flexibility index (Phi) is 7.72. The Hall–Kier alpha value is -2.28. The third-order valence-corrected chi connectivity index (χ3v) is 4.77. The molecule has 0 radical (unpaired) electrons. The number of thioether (sulfide) groups is 1. The summed E-state index contributed by atoms with van der Waals surface area (Å²) in [5.41, 5.74) is 7.23. The fourth-order valence-electron chi connectivity index (χ4n) is 2.42. The quantitative estimate of drug-likeness (QED) is 0.603. The summed E-state index contributed by atoms with van der Waals surface area (Å²) in [5.74, 6) is 0.0487. The Bertz CT molecular complexity index is 711. The number of halogens is 2. The highest BCUT2D eigenvalue weighted by Crippen LogP contribution is 2.27. The van der Waals surface area contributed by atoms with Crippen molar-refractivity contribution in [3.05, 3.63) is 54.1 Å². The van der Waals surface area contributed by atoms with Gasteiger partial charge in [-0.2, -0.15) is 8.78 Å². The number of aryl methyl sites for hydroxylation is 1. The average molecular weight is 380 g/mol. The smallest absolute Gasteiger partial charge is 0.387 e. The molecule has 3 N–H and O–H groups in total. The lowest BCUT2D eigenvalue weighted by atomic mass is 10.1. The molecule has 2 aromatic rings. The van der Waals surface area contributed by atoms with Gasteiger partial charge in [0.1, 0.15) is 5.75 Å². The van der Waals surface area contributed by atoms with Crippen molar-refractivity contribution in [2.75, 3.05) is 11.1 Å². The van der Waals surface area contributed by atoms with Gasteiger partial charge in [0.2, 0.25) is 5.91 Å². The Balaban J connectivity index is 1.87. The lowest BCUT2D eigenvalue weighted by Crippen LogP contribution is -2.17. The van der Waals surface area contributed by atoms with Crippen LogP contribution in [0.5, 0.6) is 5.75 Å². The third kappa shape index (κ3) is 6.92. The predicted molar refractivity (Wildman–Crippen MR) is 101 cm³/mol. The molecule has 0 aliphatic rings. The molecule has 1 unspecified atom stereocenters. The van der Waals surface area contributed by atoms with Gasteiger partial charge in [-0.1, -0.05) is 24.3 Å². The number of hydrogen-bond donors (Lipinski definition) is 2. The molecule has 2 rings (SSSR count). The van der Waals surface area contributed by atoms with Crippen molar-refractivity contribution < 1.29 is 18.3 Å². The van der Waals surface area contributed by atoms with Gasteiger partial charge >= 0.3 is 6.61 Å². The minimum absolute atomic E-state index is 0.162. The maximum Gasteiger partial charge on any atom is 0.387 e. The molecule has 26 heavy (non-hydrogen) atoms. The van der Waals surface area contributed by atoms with Crippen molar-refractivity contribution in [3.63, 3.8) is 0 Å². The number of primary amides is 1. The third-order valence-electron chi connectivity index (χ3n) is 3.67. The number of nitrogens with one attached hydrogen (secondary N) is 1. The first-order chi connectivity index (χ1) is 12.4. The summed E-state index contributed by atoms with van der Waals surface area (Å²) < 4.78 is 28.7. The summed E-state index contributed by atoms with van der Waals surface area (Å²) >= 11 is 1.41. The highest BCUT2D eigenvalue weighted by molar-refractivity contribution is 8.00. The molecule has 0 bridgehead atoms. The van der Waals surface area contributed by atoms with Gasteiger partial charge in [-0.25, -0.2) is 0 Å². The Morgan fingerprint density at radius 2 is 1.88 bits per heavy atom. The highest BCUT2D eigenvalue weighted by Gasteiger charge is 2.09. The van der Waals surface area contributed by atoms with E-state index in [1.54, 1.807) is 24.3 Å². The summed E-state index contributed by atoms with van der Waals surface area (Å²) in [5, 5.41) is 3.45. The van der Waals surface area contributed by atoms with E-state index in [0.29, 0.717) is 0 Å². The number of alkyl halides is 2. The van der Waals surface area contributed by atoms with E-state index in [1.807, 2.05) is 24.3 Å². The van der Waals surface area contributed by atoms with E-state index >= 15 is 0 Å². The minimum atomic E-state index is -2.81. The molecule has 2 aromatic carbocycles. The van der Waals surface area contributed by atoms with Crippen molar-refractivity contribution in [3.8, 4) is 5.75 Å². The van der Waals surface area contributed by atoms with Crippen LogP contribution in [0.4, 0.5) is 14.5 Å². The lowest BCUT2D eigenvalue weighted by Gasteiger charge is -2.18. The van der Waals surface area contributed by atoms with Crippen LogP contribution in [0.2, 0.25) is 0 Å². The van der Waals surface area contributed by atoms with Crippen LogP contribution in [0.1, 0.15) is 18.9 Å². The van der Waals surface area contributed by atoms with Crippen LogP contribution in [0, 0.1) is 0 Å². The number of carbonyl (C=O) groups is 1. The number of amides is 1. The summed E-state index contributed by atoms with van der Waals surface area (Å²) in [7, 11) is 0. The van der Waals surface area contributed by atoms with E-state index in [-0.39, 0.29) is 23.5 Å². The van der Waals surface area contributed by atoms with Crippen LogP contribution in [-0.4, -0.2) is 24.3 Å². The molecule has 0 fully saturated rings. The van der Waals surface area contributed by atoms with E-state index in [2.05, 4.69) is 17.0 Å². The molecule has 0 aliphatic carbocycles. The fourth-order valence-corrected chi connectivity index (χ4v) is 3.17. The van der Waals surface area contributed by atoms with E-state index in [9.17, 15) is 13.6 Å². The van der Waals surface area contributed by atoms with Gasteiger partial charge in [0.25, 0.3) is 0 Å². The molecule has 0 saturated heterocycles. The van der Waals surface area contributed by atoms with Crippen molar-refractivity contribution in [2.24, 2.45) is 5.73 Å². The number of benzene rings is 2. The standard InChI is InChI=1S/C19H22F2N2O2S/c1-13(6-7-14-8-10-15(11-9-14)25-19(20)21)23-16-4-2-3-5-17(16)26-12-18(22)24/h2-5,8-11,13,19,23H,6-7,12H2,1H3,(H2,22,24). The van der Waals surface area contributed by atoms with Gasteiger partial charge in [0.05, 0.1) is 5.75 Å². The maximum absolute atomic E-state index is 12.2. The van der Waals surface area contributed by atoms with Gasteiger partial charge < -0.3 is 15.8 Å². The molecule has 0 aliphatic heterocycles. The Labute approximate surface area is 156 Å². The molecule has 0 heterocycles. The summed E-state index contributed by atoms with van der Waals surface area (Å²) in [4.78, 5) is 12.0. The predicted octanol–water partition coefficient (Wildman–Crippen LogP) is 4.30. The van der Waals surface area contributed by atoms with Gasteiger partial charge in [0.15, 0.2) is 0 Å². The minimum Gasteiger partial charge on any atom is -0.435 e. The summed E-state index contributed by atoms with van der Waals surface area (Å²) in [6, 6.07) is 14.7. The normalized spacial score (nSPS) is 12.0. The average Bonchev–Trinajstić information content (AvgIpc) is 2.60. The van der Waals surface area contributed by atoms with Crippen LogP contribution in [0.15, 0.2) is 53.4 Å². The maximum atomic E-state index is 12.2. The van der Waals surface area contributed by atoms with Crippen LogP contribution in [-0.2, 0) is 11.2 Å².